The number of primary amides is 1. The predicted octanol–water partition coefficient (Wildman–Crippen LogP) is 0.727. The lowest BCUT2D eigenvalue weighted by Gasteiger charge is -2.27. The Bertz CT molecular complexity index is 387. The van der Waals surface area contributed by atoms with E-state index in [4.69, 9.17) is 11.5 Å². The molecule has 5 heteroatoms. The van der Waals surface area contributed by atoms with Crippen molar-refractivity contribution in [2.75, 3.05) is 11.1 Å². The molecular weight excluding hydrogens is 192 g/mol. The number of nitrogen functional groups attached to an aromatic ring is 1. The molecular formula is C10H14N4O. The average molecular weight is 206 g/mol. The molecule has 5 N–H and O–H groups in total. The first kappa shape index (κ1) is 9.76. The SMILES string of the molecule is NC(=O)c1cc(N)cnc1NC1CCC1. The van der Waals surface area contributed by atoms with Crippen LogP contribution in [-0.4, -0.2) is 16.9 Å². The van der Waals surface area contributed by atoms with E-state index < -0.39 is 5.91 Å². The van der Waals surface area contributed by atoms with Crippen molar-refractivity contribution in [3.63, 3.8) is 0 Å². The van der Waals surface area contributed by atoms with Crippen LogP contribution in [0.1, 0.15) is 29.6 Å². The molecule has 1 heterocycles. The van der Waals surface area contributed by atoms with E-state index in [1.54, 1.807) is 6.07 Å². The molecule has 0 bridgehead atoms. The Morgan fingerprint density at radius 2 is 2.27 bits per heavy atom. The first-order valence-corrected chi connectivity index (χ1v) is 4.98. The van der Waals surface area contributed by atoms with Crippen LogP contribution < -0.4 is 16.8 Å². The highest BCUT2D eigenvalue weighted by Crippen LogP contribution is 2.24. The Hall–Kier alpha value is -1.78. The van der Waals surface area contributed by atoms with Crippen LogP contribution in [0.15, 0.2) is 12.3 Å². The maximum absolute atomic E-state index is 11.1. The zero-order valence-corrected chi connectivity index (χ0v) is 8.36. The highest BCUT2D eigenvalue weighted by Gasteiger charge is 2.20. The van der Waals surface area contributed by atoms with Gasteiger partial charge in [-0.2, -0.15) is 0 Å². The van der Waals surface area contributed by atoms with Gasteiger partial charge in [-0.1, -0.05) is 0 Å². The number of anilines is 2. The molecule has 1 aromatic heterocycles. The summed E-state index contributed by atoms with van der Waals surface area (Å²) in [5, 5.41) is 3.19. The van der Waals surface area contributed by atoms with E-state index in [9.17, 15) is 4.79 Å². The average Bonchev–Trinajstić information content (AvgIpc) is 2.12. The summed E-state index contributed by atoms with van der Waals surface area (Å²) in [4.78, 5) is 15.2. The molecule has 0 atom stereocenters. The van der Waals surface area contributed by atoms with Crippen molar-refractivity contribution in [1.29, 1.82) is 0 Å². The number of nitrogens with two attached hydrogens (primary N) is 2. The van der Waals surface area contributed by atoms with Crippen LogP contribution in [0.5, 0.6) is 0 Å². The first-order chi connectivity index (χ1) is 7.16. The van der Waals surface area contributed by atoms with Crippen molar-refractivity contribution in [3.8, 4) is 0 Å². The van der Waals surface area contributed by atoms with Gasteiger partial charge >= 0.3 is 0 Å². The van der Waals surface area contributed by atoms with Crippen molar-refractivity contribution < 1.29 is 4.79 Å². The molecule has 1 aromatic rings. The molecule has 1 aliphatic rings. The summed E-state index contributed by atoms with van der Waals surface area (Å²) in [5.74, 6) is 0.0398. The van der Waals surface area contributed by atoms with Gasteiger partial charge in [-0.05, 0) is 25.3 Å². The fourth-order valence-corrected chi connectivity index (χ4v) is 1.53. The van der Waals surface area contributed by atoms with Crippen molar-refractivity contribution in [2.45, 2.75) is 25.3 Å². The Morgan fingerprint density at radius 1 is 1.53 bits per heavy atom. The van der Waals surface area contributed by atoms with Gasteiger partial charge in [0.05, 0.1) is 17.4 Å². The molecule has 0 radical (unpaired) electrons. The van der Waals surface area contributed by atoms with Crippen LogP contribution in [0, 0.1) is 0 Å². The number of hydrogen-bond donors (Lipinski definition) is 3. The highest BCUT2D eigenvalue weighted by atomic mass is 16.1. The molecule has 1 saturated carbocycles. The highest BCUT2D eigenvalue weighted by molar-refractivity contribution is 5.98. The molecule has 80 valence electrons. The smallest absolute Gasteiger partial charge is 0.252 e. The van der Waals surface area contributed by atoms with Crippen molar-refractivity contribution >= 4 is 17.4 Å². The zero-order valence-electron chi connectivity index (χ0n) is 8.36. The number of carbonyl (C=O) groups excluding carboxylic acids is 1. The fourth-order valence-electron chi connectivity index (χ4n) is 1.53. The van der Waals surface area contributed by atoms with Gasteiger partial charge in [-0.25, -0.2) is 4.98 Å². The second kappa shape index (κ2) is 3.76. The van der Waals surface area contributed by atoms with E-state index in [1.165, 1.54) is 12.6 Å². The number of aromatic nitrogens is 1. The fraction of sp³-hybridized carbons (Fsp3) is 0.400. The number of pyridine rings is 1. The van der Waals surface area contributed by atoms with E-state index in [2.05, 4.69) is 10.3 Å². The van der Waals surface area contributed by atoms with Crippen LogP contribution >= 0.6 is 0 Å². The molecule has 0 aromatic carbocycles. The second-order valence-corrected chi connectivity index (χ2v) is 3.80. The van der Waals surface area contributed by atoms with E-state index in [0.717, 1.165) is 12.8 Å². The third-order valence-corrected chi connectivity index (χ3v) is 2.62. The molecule has 0 unspecified atom stereocenters. The molecule has 5 nitrogen and oxygen atoms in total. The first-order valence-electron chi connectivity index (χ1n) is 4.98. The van der Waals surface area contributed by atoms with Gasteiger partial charge in [-0.3, -0.25) is 4.79 Å². The third-order valence-electron chi connectivity index (χ3n) is 2.62. The van der Waals surface area contributed by atoms with Crippen LogP contribution in [-0.2, 0) is 0 Å². The molecule has 1 amide bonds. The summed E-state index contributed by atoms with van der Waals surface area (Å²) in [5.41, 5.74) is 11.6. The molecule has 1 aliphatic carbocycles. The van der Waals surface area contributed by atoms with E-state index in [1.807, 2.05) is 0 Å². The van der Waals surface area contributed by atoms with Crippen molar-refractivity contribution in [2.24, 2.45) is 5.73 Å². The Balaban J connectivity index is 2.23. The van der Waals surface area contributed by atoms with Gasteiger partial charge in [0.15, 0.2) is 0 Å². The summed E-state index contributed by atoms with van der Waals surface area (Å²) in [7, 11) is 0. The molecule has 1 fully saturated rings. The number of hydrogen-bond acceptors (Lipinski definition) is 4. The third kappa shape index (κ3) is 2.01. The van der Waals surface area contributed by atoms with Crippen LogP contribution in [0.3, 0.4) is 0 Å². The summed E-state index contributed by atoms with van der Waals surface area (Å²) in [6, 6.07) is 1.97. The molecule has 15 heavy (non-hydrogen) atoms. The number of carbonyl (C=O) groups is 1. The summed E-state index contributed by atoms with van der Waals surface area (Å²) in [6.07, 6.45) is 4.97. The van der Waals surface area contributed by atoms with Gasteiger partial charge in [0.2, 0.25) is 0 Å². The summed E-state index contributed by atoms with van der Waals surface area (Å²) in [6.45, 7) is 0. The van der Waals surface area contributed by atoms with Crippen molar-refractivity contribution in [3.05, 3.63) is 17.8 Å². The van der Waals surface area contributed by atoms with E-state index >= 15 is 0 Å². The maximum atomic E-state index is 11.1. The lowest BCUT2D eigenvalue weighted by molar-refractivity contribution is 0.100. The Kier molecular flexibility index (Phi) is 2.45. The second-order valence-electron chi connectivity index (χ2n) is 3.80. The monoisotopic (exact) mass is 206 g/mol. The zero-order chi connectivity index (χ0) is 10.8. The Labute approximate surface area is 87.9 Å². The normalized spacial score (nSPS) is 15.7. The van der Waals surface area contributed by atoms with Gasteiger partial charge in [0.25, 0.3) is 5.91 Å². The van der Waals surface area contributed by atoms with Gasteiger partial charge in [-0.15, -0.1) is 0 Å². The predicted molar refractivity (Wildman–Crippen MR) is 58.4 cm³/mol. The van der Waals surface area contributed by atoms with E-state index in [0.29, 0.717) is 23.1 Å². The maximum Gasteiger partial charge on any atom is 0.252 e. The van der Waals surface area contributed by atoms with Gasteiger partial charge in [0, 0.05) is 6.04 Å². The largest absolute Gasteiger partial charge is 0.397 e. The summed E-state index contributed by atoms with van der Waals surface area (Å²) < 4.78 is 0. The van der Waals surface area contributed by atoms with Crippen LogP contribution in [0.4, 0.5) is 11.5 Å². The minimum Gasteiger partial charge on any atom is -0.397 e. The molecule has 2 rings (SSSR count). The van der Waals surface area contributed by atoms with Gasteiger partial charge < -0.3 is 16.8 Å². The Morgan fingerprint density at radius 3 is 2.80 bits per heavy atom. The molecule has 0 spiro atoms. The van der Waals surface area contributed by atoms with Crippen molar-refractivity contribution in [1.82, 2.24) is 4.98 Å². The minimum atomic E-state index is -0.503. The number of nitrogens with one attached hydrogen (secondary N) is 1. The molecule has 0 aliphatic heterocycles. The summed E-state index contributed by atoms with van der Waals surface area (Å²) >= 11 is 0. The van der Waals surface area contributed by atoms with E-state index in [-0.39, 0.29) is 0 Å². The van der Waals surface area contributed by atoms with Gasteiger partial charge in [0.1, 0.15) is 5.82 Å². The van der Waals surface area contributed by atoms with Crippen LogP contribution in [0.2, 0.25) is 0 Å². The quantitative estimate of drug-likeness (QED) is 0.679. The number of rotatable bonds is 3. The lowest BCUT2D eigenvalue weighted by atomic mass is 9.93. The minimum absolute atomic E-state index is 0.363. The standard InChI is InChI=1S/C10H14N4O/c11-6-4-8(9(12)15)10(13-5-6)14-7-2-1-3-7/h4-5,7H,1-3,11H2,(H2,12,15)(H,13,14). The molecule has 0 saturated heterocycles. The number of amides is 1. The topological polar surface area (TPSA) is 94.0 Å². The number of nitrogens with zero attached hydrogens (tertiary/aromatic N) is 1. The lowest BCUT2D eigenvalue weighted by Crippen LogP contribution is -2.29. The van der Waals surface area contributed by atoms with Crippen LogP contribution in [0.25, 0.3) is 0 Å².